The number of hydrogen-bond acceptors (Lipinski definition) is 1. The molecule has 0 unspecified atom stereocenters. The Labute approximate surface area is 55.9 Å². The molecule has 0 fully saturated rings. The summed E-state index contributed by atoms with van der Waals surface area (Å²) in [7, 11) is 0. The molecule has 0 spiro atoms. The van der Waals surface area contributed by atoms with Crippen molar-refractivity contribution in [2.75, 3.05) is 0 Å². The van der Waals surface area contributed by atoms with Crippen molar-refractivity contribution >= 4 is 22.1 Å². The zero-order valence-electron chi connectivity index (χ0n) is 4.21. The Morgan fingerprint density at radius 2 is 2.62 bits per heavy atom. The Kier molecular flexibility index (Phi) is 1.48. The van der Waals surface area contributed by atoms with Crippen LogP contribution in [-0.2, 0) is 0 Å². The summed E-state index contributed by atoms with van der Waals surface area (Å²) in [5.41, 5.74) is 0. The quantitative estimate of drug-likeness (QED) is 0.632. The van der Waals surface area contributed by atoms with Crippen LogP contribution >= 0.6 is 15.9 Å². The standard InChI is InChI=1S/C5H5BrN2/c1-2-8-4-5(6)3-7-8/h2-4H,1H2. The molecule has 0 bridgehead atoms. The molecule has 42 valence electrons. The van der Waals surface area contributed by atoms with E-state index in [1.807, 2.05) is 6.20 Å². The topological polar surface area (TPSA) is 17.8 Å². The first-order valence-corrected chi connectivity index (χ1v) is 2.94. The summed E-state index contributed by atoms with van der Waals surface area (Å²) in [5.74, 6) is 0. The normalized spacial score (nSPS) is 9.12. The average Bonchev–Trinajstić information content (AvgIpc) is 2.14. The third kappa shape index (κ3) is 0.980. The van der Waals surface area contributed by atoms with E-state index in [1.54, 1.807) is 17.1 Å². The van der Waals surface area contributed by atoms with Gasteiger partial charge >= 0.3 is 0 Å². The van der Waals surface area contributed by atoms with Gasteiger partial charge in [-0.05, 0) is 15.9 Å². The molecule has 3 heteroatoms. The molecule has 2 nitrogen and oxygen atoms in total. The molecule has 0 saturated heterocycles. The van der Waals surface area contributed by atoms with E-state index in [-0.39, 0.29) is 0 Å². The van der Waals surface area contributed by atoms with E-state index in [9.17, 15) is 0 Å². The summed E-state index contributed by atoms with van der Waals surface area (Å²) in [5, 5.41) is 3.89. The maximum Gasteiger partial charge on any atom is 0.0636 e. The summed E-state index contributed by atoms with van der Waals surface area (Å²) >= 11 is 3.24. The maximum absolute atomic E-state index is 3.89. The SMILES string of the molecule is C=Cn1cc(Br)cn1. The van der Waals surface area contributed by atoms with E-state index in [0.29, 0.717) is 0 Å². The minimum atomic E-state index is 0.970. The summed E-state index contributed by atoms with van der Waals surface area (Å²) in [6.45, 7) is 3.52. The van der Waals surface area contributed by atoms with E-state index in [0.717, 1.165) is 4.47 Å². The molecule has 0 N–H and O–H groups in total. The average molecular weight is 173 g/mol. The molecule has 0 aliphatic rings. The second-order valence-electron chi connectivity index (χ2n) is 1.32. The third-order valence-corrected chi connectivity index (χ3v) is 1.17. The van der Waals surface area contributed by atoms with Gasteiger partial charge in [-0.25, -0.2) is 4.68 Å². The van der Waals surface area contributed by atoms with E-state index in [4.69, 9.17) is 0 Å². The fourth-order valence-electron chi connectivity index (χ4n) is 0.415. The molecule has 0 saturated carbocycles. The van der Waals surface area contributed by atoms with Crippen LogP contribution in [0.4, 0.5) is 0 Å². The molecule has 0 aliphatic carbocycles. The van der Waals surface area contributed by atoms with Crippen LogP contribution in [-0.4, -0.2) is 9.78 Å². The van der Waals surface area contributed by atoms with Crippen molar-refractivity contribution in [2.24, 2.45) is 0 Å². The van der Waals surface area contributed by atoms with E-state index in [1.165, 1.54) is 0 Å². The lowest BCUT2D eigenvalue weighted by atomic mass is 10.7. The van der Waals surface area contributed by atoms with Crippen molar-refractivity contribution in [1.82, 2.24) is 9.78 Å². The van der Waals surface area contributed by atoms with Crippen LogP contribution in [0.25, 0.3) is 6.20 Å². The highest BCUT2D eigenvalue weighted by Crippen LogP contribution is 2.05. The minimum Gasteiger partial charge on any atom is -0.248 e. The largest absolute Gasteiger partial charge is 0.248 e. The molecule has 1 heterocycles. The first kappa shape index (κ1) is 5.56. The highest BCUT2D eigenvalue weighted by Gasteiger charge is 1.86. The fraction of sp³-hybridized carbons (Fsp3) is 0. The van der Waals surface area contributed by atoms with E-state index < -0.39 is 0 Å². The van der Waals surface area contributed by atoms with Crippen LogP contribution in [0.3, 0.4) is 0 Å². The molecule has 1 aromatic heterocycles. The molecule has 1 aromatic rings. The second-order valence-corrected chi connectivity index (χ2v) is 2.24. The number of nitrogens with zero attached hydrogens (tertiary/aromatic N) is 2. The summed E-state index contributed by atoms with van der Waals surface area (Å²) in [4.78, 5) is 0. The number of rotatable bonds is 1. The van der Waals surface area contributed by atoms with Crippen LogP contribution in [0.5, 0.6) is 0 Å². The summed E-state index contributed by atoms with van der Waals surface area (Å²) < 4.78 is 2.60. The highest BCUT2D eigenvalue weighted by atomic mass is 79.9. The minimum absolute atomic E-state index is 0.970. The molecule has 0 amide bonds. The molecule has 0 aromatic carbocycles. The van der Waals surface area contributed by atoms with Crippen molar-refractivity contribution < 1.29 is 0 Å². The van der Waals surface area contributed by atoms with Gasteiger partial charge in [-0.3, -0.25) is 0 Å². The lowest BCUT2D eigenvalue weighted by molar-refractivity contribution is 0.937. The first-order chi connectivity index (χ1) is 3.83. The third-order valence-electron chi connectivity index (χ3n) is 0.757. The fourth-order valence-corrected chi connectivity index (χ4v) is 0.716. The highest BCUT2D eigenvalue weighted by molar-refractivity contribution is 9.10. The molecule has 1 rings (SSSR count). The lowest BCUT2D eigenvalue weighted by Crippen LogP contribution is -1.81. The zero-order chi connectivity index (χ0) is 5.98. The van der Waals surface area contributed by atoms with E-state index >= 15 is 0 Å². The van der Waals surface area contributed by atoms with Gasteiger partial charge in [0.2, 0.25) is 0 Å². The number of hydrogen-bond donors (Lipinski definition) is 0. The smallest absolute Gasteiger partial charge is 0.0636 e. The number of aromatic nitrogens is 2. The van der Waals surface area contributed by atoms with Gasteiger partial charge in [0.05, 0.1) is 10.7 Å². The van der Waals surface area contributed by atoms with Crippen LogP contribution in [0.15, 0.2) is 23.4 Å². The predicted octanol–water partition coefficient (Wildman–Crippen LogP) is 1.75. The van der Waals surface area contributed by atoms with Gasteiger partial charge in [0.1, 0.15) is 0 Å². The molecule has 0 radical (unpaired) electrons. The Morgan fingerprint density at radius 3 is 2.88 bits per heavy atom. The first-order valence-electron chi connectivity index (χ1n) is 2.15. The Bertz CT molecular complexity index is 192. The van der Waals surface area contributed by atoms with Gasteiger partial charge in [0.15, 0.2) is 0 Å². The van der Waals surface area contributed by atoms with Crippen LogP contribution in [0.2, 0.25) is 0 Å². The van der Waals surface area contributed by atoms with Crippen molar-refractivity contribution in [1.29, 1.82) is 0 Å². The van der Waals surface area contributed by atoms with Gasteiger partial charge in [-0.15, -0.1) is 0 Å². The maximum atomic E-state index is 3.89. The van der Waals surface area contributed by atoms with Crippen molar-refractivity contribution in [2.45, 2.75) is 0 Å². The Hall–Kier alpha value is -0.570. The summed E-state index contributed by atoms with van der Waals surface area (Å²) in [6, 6.07) is 0. The second kappa shape index (κ2) is 2.13. The summed E-state index contributed by atoms with van der Waals surface area (Å²) in [6.07, 6.45) is 5.17. The van der Waals surface area contributed by atoms with Crippen LogP contribution < -0.4 is 0 Å². The van der Waals surface area contributed by atoms with Gasteiger partial charge < -0.3 is 0 Å². The molecular weight excluding hydrogens is 168 g/mol. The molecule has 0 aliphatic heterocycles. The van der Waals surface area contributed by atoms with Gasteiger partial charge in [-0.1, -0.05) is 6.58 Å². The molecule has 0 atom stereocenters. The zero-order valence-corrected chi connectivity index (χ0v) is 5.80. The van der Waals surface area contributed by atoms with Gasteiger partial charge in [-0.2, -0.15) is 5.10 Å². The Balaban J connectivity index is 3.00. The van der Waals surface area contributed by atoms with Crippen LogP contribution in [0, 0.1) is 0 Å². The lowest BCUT2D eigenvalue weighted by Gasteiger charge is -1.81. The van der Waals surface area contributed by atoms with Gasteiger partial charge in [0, 0.05) is 12.4 Å². The molecular formula is C5H5BrN2. The predicted molar refractivity (Wildman–Crippen MR) is 36.3 cm³/mol. The van der Waals surface area contributed by atoms with Crippen molar-refractivity contribution in [3.8, 4) is 0 Å². The van der Waals surface area contributed by atoms with Crippen molar-refractivity contribution in [3.05, 3.63) is 23.4 Å². The Morgan fingerprint density at radius 1 is 1.88 bits per heavy atom. The van der Waals surface area contributed by atoms with Crippen molar-refractivity contribution in [3.63, 3.8) is 0 Å². The van der Waals surface area contributed by atoms with Gasteiger partial charge in [0.25, 0.3) is 0 Å². The monoisotopic (exact) mass is 172 g/mol. The number of halogens is 1. The van der Waals surface area contributed by atoms with Crippen LogP contribution in [0.1, 0.15) is 0 Å². The molecule has 8 heavy (non-hydrogen) atoms. The van der Waals surface area contributed by atoms with E-state index in [2.05, 4.69) is 27.6 Å².